The predicted molar refractivity (Wildman–Crippen MR) is 47.8 cm³/mol. The lowest BCUT2D eigenvalue weighted by Gasteiger charge is -2.17. The molecule has 13 heavy (non-hydrogen) atoms. The summed E-state index contributed by atoms with van der Waals surface area (Å²) in [5, 5.41) is 13.1. The van der Waals surface area contributed by atoms with Gasteiger partial charge in [0.15, 0.2) is 0 Å². The van der Waals surface area contributed by atoms with Crippen molar-refractivity contribution in [2.75, 3.05) is 6.54 Å². The molecule has 0 unspecified atom stereocenters. The van der Waals surface area contributed by atoms with Gasteiger partial charge in [-0.2, -0.15) is 0 Å². The second-order valence-corrected chi connectivity index (χ2v) is 3.10. The summed E-state index contributed by atoms with van der Waals surface area (Å²) in [6.45, 7) is 1.37. The monoisotopic (exact) mass is 176 g/mol. The lowest BCUT2D eigenvalue weighted by molar-refractivity contribution is 0.0695. The first kappa shape index (κ1) is 8.26. The maximum Gasteiger partial charge on any atom is 0.336 e. The van der Waals surface area contributed by atoms with Crippen molar-refractivity contribution < 1.29 is 9.90 Å². The largest absolute Gasteiger partial charge is 0.478 e. The molecule has 0 saturated heterocycles. The van der Waals surface area contributed by atoms with Crippen LogP contribution in [0.15, 0.2) is 18.2 Å². The molecular weight excluding hydrogens is 166 g/mol. The summed E-state index contributed by atoms with van der Waals surface area (Å²) in [7, 11) is 0. The van der Waals surface area contributed by atoms with E-state index in [0.717, 1.165) is 24.1 Å². The average molecular weight is 176 g/mol. The van der Waals surface area contributed by atoms with Gasteiger partial charge in [-0.15, -0.1) is 0 Å². The van der Waals surface area contributed by atoms with E-state index in [1.165, 1.54) is 0 Å². The Morgan fingerprint density at radius 3 is 3.08 bits per heavy atom. The summed E-state index contributed by atoms with van der Waals surface area (Å²) in [6, 6.07) is 5.42. The van der Waals surface area contributed by atoms with E-state index in [-0.39, 0.29) is 0 Å². The molecule has 1 aliphatic heterocycles. The molecule has 1 N–H and O–H groups in total. The normalized spacial score (nSPS) is 15.1. The molecule has 0 bridgehead atoms. The standard InChI is InChI=1S/C10H10NO2/c12-10(13)8-3-1-2-7-4-5-11-6-9(7)8/h1-3H,4-6H2,(H,12,13). The maximum absolute atomic E-state index is 10.8. The van der Waals surface area contributed by atoms with Crippen LogP contribution in [0.4, 0.5) is 0 Å². The Labute approximate surface area is 76.4 Å². The zero-order chi connectivity index (χ0) is 9.26. The Morgan fingerprint density at radius 2 is 2.31 bits per heavy atom. The van der Waals surface area contributed by atoms with Gasteiger partial charge in [0.25, 0.3) is 0 Å². The highest BCUT2D eigenvalue weighted by Crippen LogP contribution is 2.18. The van der Waals surface area contributed by atoms with Crippen molar-refractivity contribution in [2.24, 2.45) is 0 Å². The molecule has 1 aromatic carbocycles. The van der Waals surface area contributed by atoms with Crippen LogP contribution in [0.5, 0.6) is 0 Å². The zero-order valence-corrected chi connectivity index (χ0v) is 7.16. The van der Waals surface area contributed by atoms with E-state index in [4.69, 9.17) is 5.11 Å². The van der Waals surface area contributed by atoms with Gasteiger partial charge < -0.3 is 5.11 Å². The minimum atomic E-state index is -0.853. The third-order valence-corrected chi connectivity index (χ3v) is 2.31. The minimum absolute atomic E-state index is 0.404. The number of hydrogen-bond donors (Lipinski definition) is 1. The van der Waals surface area contributed by atoms with Crippen molar-refractivity contribution in [3.05, 3.63) is 34.9 Å². The van der Waals surface area contributed by atoms with Crippen LogP contribution >= 0.6 is 0 Å². The lowest BCUT2D eigenvalue weighted by atomic mass is 9.96. The van der Waals surface area contributed by atoms with E-state index in [0.29, 0.717) is 12.1 Å². The summed E-state index contributed by atoms with van der Waals surface area (Å²) in [6.07, 6.45) is 0.871. The highest BCUT2D eigenvalue weighted by molar-refractivity contribution is 5.89. The van der Waals surface area contributed by atoms with Gasteiger partial charge >= 0.3 is 5.97 Å². The van der Waals surface area contributed by atoms with Gasteiger partial charge in [-0.3, -0.25) is 0 Å². The first-order chi connectivity index (χ1) is 6.29. The highest BCUT2D eigenvalue weighted by Gasteiger charge is 2.16. The molecule has 0 spiro atoms. The highest BCUT2D eigenvalue weighted by atomic mass is 16.4. The number of carboxylic acids is 1. The smallest absolute Gasteiger partial charge is 0.336 e. The molecule has 0 saturated carbocycles. The van der Waals surface area contributed by atoms with Crippen LogP contribution in [-0.2, 0) is 13.0 Å². The Hall–Kier alpha value is -1.35. The van der Waals surface area contributed by atoms with E-state index >= 15 is 0 Å². The minimum Gasteiger partial charge on any atom is -0.478 e. The predicted octanol–water partition coefficient (Wildman–Crippen LogP) is 1.05. The van der Waals surface area contributed by atoms with Crippen molar-refractivity contribution in [1.29, 1.82) is 0 Å². The molecule has 3 heteroatoms. The summed E-state index contributed by atoms with van der Waals surface area (Å²) in [4.78, 5) is 10.8. The molecular formula is C10H10NO2. The van der Waals surface area contributed by atoms with E-state index < -0.39 is 5.97 Å². The summed E-state index contributed by atoms with van der Waals surface area (Å²) in [5.74, 6) is -0.853. The lowest BCUT2D eigenvalue weighted by Crippen LogP contribution is -2.20. The third kappa shape index (κ3) is 1.42. The second kappa shape index (κ2) is 3.18. The summed E-state index contributed by atoms with van der Waals surface area (Å²) >= 11 is 0. The van der Waals surface area contributed by atoms with Crippen LogP contribution in [0, 0.1) is 0 Å². The van der Waals surface area contributed by atoms with Gasteiger partial charge in [-0.05, 0) is 23.6 Å². The van der Waals surface area contributed by atoms with Crippen molar-refractivity contribution >= 4 is 5.97 Å². The molecule has 1 radical (unpaired) electrons. The van der Waals surface area contributed by atoms with Crippen molar-refractivity contribution in [2.45, 2.75) is 13.0 Å². The number of carbonyl (C=O) groups is 1. The van der Waals surface area contributed by atoms with Gasteiger partial charge in [0.1, 0.15) is 0 Å². The molecule has 1 aliphatic rings. The molecule has 1 aromatic rings. The number of rotatable bonds is 1. The van der Waals surface area contributed by atoms with Crippen molar-refractivity contribution in [3.8, 4) is 0 Å². The van der Waals surface area contributed by atoms with Crippen LogP contribution in [0.25, 0.3) is 0 Å². The average Bonchev–Trinajstić information content (AvgIpc) is 2.17. The van der Waals surface area contributed by atoms with Gasteiger partial charge in [-0.1, -0.05) is 12.1 Å². The Balaban J connectivity index is 2.52. The molecule has 2 rings (SSSR count). The second-order valence-electron chi connectivity index (χ2n) is 3.10. The molecule has 0 aromatic heterocycles. The van der Waals surface area contributed by atoms with Crippen LogP contribution in [-0.4, -0.2) is 17.6 Å². The Bertz CT molecular complexity index is 347. The molecule has 0 atom stereocenters. The fraction of sp³-hybridized carbons (Fsp3) is 0.300. The number of fused-ring (bicyclic) bond motifs is 1. The van der Waals surface area contributed by atoms with Crippen molar-refractivity contribution in [1.82, 2.24) is 5.32 Å². The first-order valence-corrected chi connectivity index (χ1v) is 4.26. The molecule has 1 heterocycles. The number of hydrogen-bond acceptors (Lipinski definition) is 1. The molecule has 0 aliphatic carbocycles. The molecule has 67 valence electrons. The summed E-state index contributed by atoms with van der Waals surface area (Å²) in [5.41, 5.74) is 2.43. The van der Waals surface area contributed by atoms with E-state index in [2.05, 4.69) is 5.32 Å². The van der Waals surface area contributed by atoms with Gasteiger partial charge in [-0.25, -0.2) is 10.1 Å². The fourth-order valence-electron chi connectivity index (χ4n) is 1.65. The van der Waals surface area contributed by atoms with Gasteiger partial charge in [0.05, 0.1) is 5.56 Å². The SMILES string of the molecule is O=C(O)c1cccc2c1C[N]CC2. The van der Waals surface area contributed by atoms with Gasteiger partial charge in [0.2, 0.25) is 0 Å². The molecule has 0 fully saturated rings. The van der Waals surface area contributed by atoms with Crippen LogP contribution in [0.2, 0.25) is 0 Å². The topological polar surface area (TPSA) is 51.4 Å². The van der Waals surface area contributed by atoms with Crippen LogP contribution in [0.1, 0.15) is 21.5 Å². The van der Waals surface area contributed by atoms with E-state index in [1.807, 2.05) is 6.07 Å². The van der Waals surface area contributed by atoms with Crippen molar-refractivity contribution in [3.63, 3.8) is 0 Å². The number of aromatic carboxylic acids is 1. The molecule has 0 amide bonds. The Morgan fingerprint density at radius 1 is 1.46 bits per heavy atom. The van der Waals surface area contributed by atoms with E-state index in [9.17, 15) is 4.79 Å². The summed E-state index contributed by atoms with van der Waals surface area (Å²) < 4.78 is 0. The molecule has 3 nitrogen and oxygen atoms in total. The van der Waals surface area contributed by atoms with Crippen LogP contribution < -0.4 is 5.32 Å². The van der Waals surface area contributed by atoms with Crippen LogP contribution in [0.3, 0.4) is 0 Å². The number of carboxylic acid groups (broad SMARTS) is 1. The number of nitrogens with zero attached hydrogens (tertiary/aromatic N) is 1. The quantitative estimate of drug-likeness (QED) is 0.695. The Kier molecular flexibility index (Phi) is 2.02. The zero-order valence-electron chi connectivity index (χ0n) is 7.16. The third-order valence-electron chi connectivity index (χ3n) is 2.31. The maximum atomic E-state index is 10.8. The first-order valence-electron chi connectivity index (χ1n) is 4.26. The van der Waals surface area contributed by atoms with Gasteiger partial charge in [0, 0.05) is 13.1 Å². The fourth-order valence-corrected chi connectivity index (χ4v) is 1.65. The number of benzene rings is 1. The van der Waals surface area contributed by atoms with E-state index in [1.54, 1.807) is 12.1 Å².